The molecule has 0 saturated carbocycles. The van der Waals surface area contributed by atoms with E-state index in [1.54, 1.807) is 6.07 Å². The summed E-state index contributed by atoms with van der Waals surface area (Å²) in [6, 6.07) is 3.07. The van der Waals surface area contributed by atoms with Crippen molar-refractivity contribution in [2.45, 2.75) is 11.7 Å². The second-order valence-corrected chi connectivity index (χ2v) is 4.22. The Bertz CT molecular complexity index is 428. The van der Waals surface area contributed by atoms with Crippen LogP contribution in [0.25, 0.3) is 0 Å². The topological polar surface area (TPSA) is 59.8 Å². The Kier molecular flexibility index (Phi) is 2.91. The molecule has 0 bridgehead atoms. The summed E-state index contributed by atoms with van der Waals surface area (Å²) in [7, 11) is 1.27. The maximum atomic E-state index is 11.5. The van der Waals surface area contributed by atoms with Crippen LogP contribution in [0.3, 0.4) is 0 Å². The van der Waals surface area contributed by atoms with Gasteiger partial charge in [0.1, 0.15) is 0 Å². The number of ether oxygens (including phenoxy) is 1. The van der Waals surface area contributed by atoms with E-state index < -0.39 is 5.97 Å². The molecular weight excluding hydrogens is 230 g/mol. The van der Waals surface area contributed by atoms with Crippen LogP contribution in [0, 0.1) is 0 Å². The Hall–Kier alpha value is -1.43. The molecule has 1 fully saturated rings. The first kappa shape index (κ1) is 11.1. The summed E-state index contributed by atoms with van der Waals surface area (Å²) in [4.78, 5) is 24.2. The first-order valence-corrected chi connectivity index (χ1v) is 5.30. The van der Waals surface area contributed by atoms with E-state index in [1.807, 2.05) is 0 Å². The first-order chi connectivity index (χ1) is 7.61. The predicted molar refractivity (Wildman–Crippen MR) is 59.8 cm³/mol. The summed E-state index contributed by atoms with van der Waals surface area (Å²) in [5.41, 5.74) is 0. The van der Waals surface area contributed by atoms with Crippen LogP contribution in [0.2, 0.25) is 0 Å². The number of rotatable bonds is 2. The lowest BCUT2D eigenvalue weighted by Gasteiger charge is -2.11. The molecule has 1 saturated heterocycles. The molecule has 0 radical (unpaired) electrons. The summed E-state index contributed by atoms with van der Waals surface area (Å²) in [5.74, 6) is -0.152. The molecule has 1 aromatic heterocycles. The molecule has 86 valence electrons. The highest BCUT2D eigenvalue weighted by atomic mass is 32.1. The van der Waals surface area contributed by atoms with Gasteiger partial charge >= 0.3 is 5.97 Å². The number of hydrogen-bond donors (Lipinski definition) is 1. The van der Waals surface area contributed by atoms with E-state index in [-0.39, 0.29) is 16.9 Å². The molecule has 1 aliphatic heterocycles. The van der Waals surface area contributed by atoms with Crippen molar-refractivity contribution in [1.29, 1.82) is 0 Å². The van der Waals surface area contributed by atoms with Crippen LogP contribution in [0.4, 0.5) is 5.88 Å². The van der Waals surface area contributed by atoms with Crippen molar-refractivity contribution in [3.05, 3.63) is 17.9 Å². The third kappa shape index (κ3) is 1.92. The molecular formula is C10H11NO4S. The second-order valence-electron chi connectivity index (χ2n) is 3.49. The Morgan fingerprint density at radius 2 is 2.38 bits per heavy atom. The lowest BCUT2D eigenvalue weighted by Crippen LogP contribution is -2.23. The molecule has 2 heterocycles. The van der Waals surface area contributed by atoms with E-state index in [0.29, 0.717) is 18.8 Å². The molecule has 16 heavy (non-hydrogen) atoms. The van der Waals surface area contributed by atoms with E-state index in [1.165, 1.54) is 18.1 Å². The molecule has 1 amide bonds. The fraction of sp³-hybridized carbons (Fsp3) is 0.400. The first-order valence-electron chi connectivity index (χ1n) is 4.78. The zero-order valence-electron chi connectivity index (χ0n) is 8.67. The maximum Gasteiger partial charge on any atom is 0.374 e. The Labute approximate surface area is 97.8 Å². The van der Waals surface area contributed by atoms with Gasteiger partial charge in [0.05, 0.1) is 7.11 Å². The van der Waals surface area contributed by atoms with Gasteiger partial charge in [-0.3, -0.25) is 9.69 Å². The quantitative estimate of drug-likeness (QED) is 0.622. The number of nitrogens with zero attached hydrogens (tertiary/aromatic N) is 1. The van der Waals surface area contributed by atoms with E-state index in [4.69, 9.17) is 4.42 Å². The van der Waals surface area contributed by atoms with Gasteiger partial charge in [-0.15, -0.1) is 0 Å². The van der Waals surface area contributed by atoms with E-state index in [0.717, 1.165) is 0 Å². The molecule has 5 nitrogen and oxygen atoms in total. The normalized spacial score (nSPS) is 20.2. The summed E-state index contributed by atoms with van der Waals surface area (Å²) in [6.07, 6.45) is 0.386. The van der Waals surface area contributed by atoms with Crippen LogP contribution in [-0.2, 0) is 9.53 Å². The standard InChI is InChI=1S/C10H11NO4S/c1-14-10(13)7-2-3-9(15-7)11-5-6(16)4-8(11)12/h2-3,6,16H,4-5H2,1H3. The third-order valence-corrected chi connectivity index (χ3v) is 2.69. The largest absolute Gasteiger partial charge is 0.463 e. The van der Waals surface area contributed by atoms with Crippen LogP contribution in [-0.4, -0.2) is 30.8 Å². The van der Waals surface area contributed by atoms with Crippen LogP contribution in [0.15, 0.2) is 16.5 Å². The minimum absolute atomic E-state index is 0.0131. The van der Waals surface area contributed by atoms with Gasteiger partial charge in [0.25, 0.3) is 0 Å². The molecule has 1 unspecified atom stereocenters. The molecule has 0 aliphatic carbocycles. The molecule has 1 aliphatic rings. The van der Waals surface area contributed by atoms with Crippen LogP contribution >= 0.6 is 12.6 Å². The predicted octanol–water partition coefficient (Wildman–Crippen LogP) is 1.10. The number of hydrogen-bond acceptors (Lipinski definition) is 5. The monoisotopic (exact) mass is 241 g/mol. The van der Waals surface area contributed by atoms with Gasteiger partial charge in [-0.25, -0.2) is 4.79 Å². The van der Waals surface area contributed by atoms with Crippen LogP contribution in [0.1, 0.15) is 17.0 Å². The summed E-state index contributed by atoms with van der Waals surface area (Å²) < 4.78 is 9.74. The van der Waals surface area contributed by atoms with Gasteiger partial charge in [-0.05, 0) is 6.07 Å². The smallest absolute Gasteiger partial charge is 0.374 e. The summed E-state index contributed by atoms with van der Waals surface area (Å²) >= 11 is 4.23. The minimum Gasteiger partial charge on any atom is -0.463 e. The average Bonchev–Trinajstić information content (AvgIpc) is 2.83. The van der Waals surface area contributed by atoms with Gasteiger partial charge < -0.3 is 9.15 Å². The second kappa shape index (κ2) is 4.21. The van der Waals surface area contributed by atoms with Crippen molar-refractivity contribution in [3.63, 3.8) is 0 Å². The van der Waals surface area contributed by atoms with E-state index in [9.17, 15) is 9.59 Å². The zero-order valence-corrected chi connectivity index (χ0v) is 9.57. The lowest BCUT2D eigenvalue weighted by atomic mass is 10.4. The maximum absolute atomic E-state index is 11.5. The zero-order chi connectivity index (χ0) is 11.7. The average molecular weight is 241 g/mol. The molecule has 6 heteroatoms. The number of methoxy groups -OCH3 is 1. The lowest BCUT2D eigenvalue weighted by molar-refractivity contribution is -0.117. The molecule has 2 rings (SSSR count). The number of thiol groups is 1. The summed E-state index contributed by atoms with van der Waals surface area (Å²) in [6.45, 7) is 0.496. The van der Waals surface area contributed by atoms with Gasteiger partial charge in [-0.1, -0.05) is 0 Å². The fourth-order valence-electron chi connectivity index (χ4n) is 1.58. The number of amides is 1. The van der Waals surface area contributed by atoms with Crippen LogP contribution < -0.4 is 4.90 Å². The Balaban J connectivity index is 2.19. The van der Waals surface area contributed by atoms with Crippen molar-refractivity contribution in [2.75, 3.05) is 18.6 Å². The molecule has 0 N–H and O–H groups in total. The third-order valence-electron chi connectivity index (χ3n) is 2.35. The SMILES string of the molecule is COC(=O)c1ccc(N2CC(S)CC2=O)o1. The van der Waals surface area contributed by atoms with Crippen molar-refractivity contribution in [3.8, 4) is 0 Å². The number of anilines is 1. The van der Waals surface area contributed by atoms with Crippen LogP contribution in [0.5, 0.6) is 0 Å². The fourth-order valence-corrected chi connectivity index (χ4v) is 1.90. The molecule has 0 aromatic carbocycles. The molecule has 0 spiro atoms. The number of carbonyl (C=O) groups excluding carboxylic acids is 2. The van der Waals surface area contributed by atoms with Gasteiger partial charge in [0.2, 0.25) is 17.6 Å². The van der Waals surface area contributed by atoms with Crippen molar-refractivity contribution >= 4 is 30.4 Å². The van der Waals surface area contributed by atoms with Crippen molar-refractivity contribution in [2.24, 2.45) is 0 Å². The van der Waals surface area contributed by atoms with Crippen molar-refractivity contribution in [1.82, 2.24) is 0 Å². The molecule has 1 aromatic rings. The Morgan fingerprint density at radius 3 is 2.94 bits per heavy atom. The molecule has 1 atom stereocenters. The summed E-state index contributed by atoms with van der Waals surface area (Å²) in [5, 5.41) is 0.0131. The highest BCUT2D eigenvalue weighted by molar-refractivity contribution is 7.81. The number of furan rings is 1. The van der Waals surface area contributed by atoms with Gasteiger partial charge in [-0.2, -0.15) is 12.6 Å². The van der Waals surface area contributed by atoms with Gasteiger partial charge in [0.15, 0.2) is 0 Å². The highest BCUT2D eigenvalue weighted by Gasteiger charge is 2.30. The van der Waals surface area contributed by atoms with Gasteiger partial charge in [0, 0.05) is 24.3 Å². The number of esters is 1. The van der Waals surface area contributed by atoms with E-state index >= 15 is 0 Å². The highest BCUT2D eigenvalue weighted by Crippen LogP contribution is 2.26. The Morgan fingerprint density at radius 1 is 1.62 bits per heavy atom. The van der Waals surface area contributed by atoms with Crippen molar-refractivity contribution < 1.29 is 18.7 Å². The number of carbonyl (C=O) groups is 2. The van der Waals surface area contributed by atoms with E-state index in [2.05, 4.69) is 17.4 Å². The minimum atomic E-state index is -0.555.